The van der Waals surface area contributed by atoms with Gasteiger partial charge in [0.15, 0.2) is 0 Å². The van der Waals surface area contributed by atoms with Gasteiger partial charge in [0.05, 0.1) is 16.6 Å². The molecule has 22 heavy (non-hydrogen) atoms. The van der Waals surface area contributed by atoms with Gasteiger partial charge in [-0.05, 0) is 26.8 Å². The molecule has 0 fully saturated rings. The number of alkyl carbamates (subject to hydrolysis) is 1. The van der Waals surface area contributed by atoms with Gasteiger partial charge < -0.3 is 15.8 Å². The highest BCUT2D eigenvalue weighted by molar-refractivity contribution is 6.35. The lowest BCUT2D eigenvalue weighted by molar-refractivity contribution is 0.0504. The predicted molar refractivity (Wildman–Crippen MR) is 85.7 cm³/mol. The van der Waals surface area contributed by atoms with Gasteiger partial charge in [0.2, 0.25) is 0 Å². The Bertz CT molecular complexity index is 685. The molecule has 1 aromatic carbocycles. The van der Waals surface area contributed by atoms with Crippen LogP contribution in [0.3, 0.4) is 0 Å². The quantitative estimate of drug-likeness (QED) is 0.906. The fourth-order valence-electron chi connectivity index (χ4n) is 1.95. The zero-order chi connectivity index (χ0) is 16.3. The van der Waals surface area contributed by atoms with E-state index >= 15 is 0 Å². The number of fused-ring (bicyclic) bond motifs is 1. The maximum atomic E-state index is 11.9. The summed E-state index contributed by atoms with van der Waals surface area (Å²) < 4.78 is 5.22. The zero-order valence-corrected chi connectivity index (χ0v) is 13.5. The molecule has 0 radical (unpaired) electrons. The number of nitrogens with zero attached hydrogens (tertiary/aromatic N) is 2. The van der Waals surface area contributed by atoms with E-state index < -0.39 is 17.7 Å². The van der Waals surface area contributed by atoms with Crippen LogP contribution in [0.5, 0.6) is 0 Å². The van der Waals surface area contributed by atoms with E-state index in [2.05, 4.69) is 15.5 Å². The Morgan fingerprint density at radius 2 is 2.05 bits per heavy atom. The molecule has 6 nitrogen and oxygen atoms in total. The van der Waals surface area contributed by atoms with Crippen LogP contribution < -0.4 is 11.1 Å². The van der Waals surface area contributed by atoms with Crippen molar-refractivity contribution in [1.82, 2.24) is 15.5 Å². The van der Waals surface area contributed by atoms with Crippen LogP contribution in [0.4, 0.5) is 4.79 Å². The third-order valence-electron chi connectivity index (χ3n) is 2.89. The molecule has 2 aromatic rings. The Balaban J connectivity index is 2.28. The first kappa shape index (κ1) is 16.5. The minimum Gasteiger partial charge on any atom is -0.444 e. The summed E-state index contributed by atoms with van der Waals surface area (Å²) in [6.07, 6.45) is -0.575. The van der Waals surface area contributed by atoms with E-state index in [1.54, 1.807) is 20.8 Å². The Labute approximate surface area is 134 Å². The summed E-state index contributed by atoms with van der Waals surface area (Å²) in [6.45, 7) is 5.48. The van der Waals surface area contributed by atoms with Gasteiger partial charge in [0.25, 0.3) is 0 Å². The SMILES string of the molecule is CC(C)(C)OC(=O)NC(CN)c1nnc2ccccc2c1Cl. The summed E-state index contributed by atoms with van der Waals surface area (Å²) in [7, 11) is 0. The molecule has 0 saturated carbocycles. The molecule has 0 aliphatic rings. The third-order valence-corrected chi connectivity index (χ3v) is 3.28. The van der Waals surface area contributed by atoms with Crippen molar-refractivity contribution in [3.63, 3.8) is 0 Å². The van der Waals surface area contributed by atoms with Crippen LogP contribution >= 0.6 is 11.6 Å². The molecule has 1 heterocycles. The first-order chi connectivity index (χ1) is 10.3. The van der Waals surface area contributed by atoms with E-state index in [0.29, 0.717) is 16.2 Å². The van der Waals surface area contributed by atoms with E-state index in [9.17, 15) is 4.79 Å². The Morgan fingerprint density at radius 3 is 2.68 bits per heavy atom. The zero-order valence-electron chi connectivity index (χ0n) is 12.8. The molecule has 3 N–H and O–H groups in total. The van der Waals surface area contributed by atoms with E-state index in [1.165, 1.54) is 0 Å². The number of amides is 1. The molecule has 7 heteroatoms. The van der Waals surface area contributed by atoms with Gasteiger partial charge in [-0.2, -0.15) is 10.2 Å². The molecule has 0 aliphatic heterocycles. The summed E-state index contributed by atoms with van der Waals surface area (Å²) in [5.41, 5.74) is 6.25. The molecule has 0 saturated heterocycles. The lowest BCUT2D eigenvalue weighted by atomic mass is 10.1. The van der Waals surface area contributed by atoms with Crippen LogP contribution in [-0.2, 0) is 4.74 Å². The number of hydrogen-bond acceptors (Lipinski definition) is 5. The van der Waals surface area contributed by atoms with Crippen molar-refractivity contribution < 1.29 is 9.53 Å². The molecule has 118 valence electrons. The number of benzene rings is 1. The van der Waals surface area contributed by atoms with Crippen LogP contribution in [0.15, 0.2) is 24.3 Å². The Hall–Kier alpha value is -1.92. The standard InChI is InChI=1S/C15H19ClN4O2/c1-15(2,3)22-14(21)18-11(8-17)13-12(16)9-6-4-5-7-10(9)19-20-13/h4-7,11H,8,17H2,1-3H3,(H,18,21). The fourth-order valence-corrected chi connectivity index (χ4v) is 2.28. The van der Waals surface area contributed by atoms with Crippen LogP contribution in [0.1, 0.15) is 32.5 Å². The van der Waals surface area contributed by atoms with Crippen LogP contribution in [0.2, 0.25) is 5.02 Å². The first-order valence-electron chi connectivity index (χ1n) is 6.92. The van der Waals surface area contributed by atoms with Gasteiger partial charge in [-0.1, -0.05) is 29.8 Å². The summed E-state index contributed by atoms with van der Waals surface area (Å²) in [5, 5.41) is 12.1. The predicted octanol–water partition coefficient (Wildman–Crippen LogP) is 2.81. The fraction of sp³-hybridized carbons (Fsp3) is 0.400. The average molecular weight is 323 g/mol. The monoisotopic (exact) mass is 322 g/mol. The summed E-state index contributed by atoms with van der Waals surface area (Å²) in [6, 6.07) is 6.80. The molecular formula is C15H19ClN4O2. The second kappa shape index (κ2) is 6.46. The van der Waals surface area contributed by atoms with Gasteiger partial charge in [0.1, 0.15) is 11.3 Å². The highest BCUT2D eigenvalue weighted by atomic mass is 35.5. The van der Waals surface area contributed by atoms with E-state index in [0.717, 1.165) is 5.39 Å². The smallest absolute Gasteiger partial charge is 0.408 e. The lowest BCUT2D eigenvalue weighted by Crippen LogP contribution is -2.38. The molecule has 0 aliphatic carbocycles. The number of nitrogens with one attached hydrogen (secondary N) is 1. The van der Waals surface area contributed by atoms with Gasteiger partial charge in [0, 0.05) is 11.9 Å². The van der Waals surface area contributed by atoms with Crippen LogP contribution in [0, 0.1) is 0 Å². The minimum absolute atomic E-state index is 0.131. The van der Waals surface area contributed by atoms with Gasteiger partial charge >= 0.3 is 6.09 Å². The van der Waals surface area contributed by atoms with Gasteiger partial charge in [-0.15, -0.1) is 0 Å². The van der Waals surface area contributed by atoms with E-state index in [4.69, 9.17) is 22.1 Å². The topological polar surface area (TPSA) is 90.1 Å². The number of ether oxygens (including phenoxy) is 1. The van der Waals surface area contributed by atoms with Gasteiger partial charge in [-0.3, -0.25) is 0 Å². The maximum Gasteiger partial charge on any atom is 0.408 e. The Morgan fingerprint density at radius 1 is 1.36 bits per heavy atom. The largest absolute Gasteiger partial charge is 0.444 e. The number of carbonyl (C=O) groups is 1. The van der Waals surface area contributed by atoms with E-state index in [1.807, 2.05) is 24.3 Å². The van der Waals surface area contributed by atoms with Crippen molar-refractivity contribution in [2.24, 2.45) is 5.73 Å². The van der Waals surface area contributed by atoms with Gasteiger partial charge in [-0.25, -0.2) is 4.79 Å². The van der Waals surface area contributed by atoms with Crippen molar-refractivity contribution in [2.45, 2.75) is 32.4 Å². The minimum atomic E-state index is -0.595. The highest BCUT2D eigenvalue weighted by Gasteiger charge is 2.23. The second-order valence-electron chi connectivity index (χ2n) is 5.85. The summed E-state index contributed by atoms with van der Waals surface area (Å²) in [4.78, 5) is 11.9. The highest BCUT2D eigenvalue weighted by Crippen LogP contribution is 2.27. The molecule has 1 aromatic heterocycles. The summed E-state index contributed by atoms with van der Waals surface area (Å²) in [5.74, 6) is 0. The Kier molecular flexibility index (Phi) is 4.83. The number of carbonyl (C=O) groups excluding carboxylic acids is 1. The van der Waals surface area contributed by atoms with Crippen molar-refractivity contribution >= 4 is 28.6 Å². The molecule has 1 unspecified atom stereocenters. The average Bonchev–Trinajstić information content (AvgIpc) is 2.44. The van der Waals surface area contributed by atoms with Crippen LogP contribution in [0.25, 0.3) is 10.9 Å². The van der Waals surface area contributed by atoms with Crippen LogP contribution in [-0.4, -0.2) is 28.4 Å². The van der Waals surface area contributed by atoms with Crippen molar-refractivity contribution in [1.29, 1.82) is 0 Å². The number of aromatic nitrogens is 2. The number of rotatable bonds is 3. The van der Waals surface area contributed by atoms with Crippen molar-refractivity contribution in [3.05, 3.63) is 35.0 Å². The number of nitrogens with two attached hydrogens (primary N) is 1. The normalized spacial score (nSPS) is 13.0. The molecule has 0 spiro atoms. The number of halogens is 1. The first-order valence-corrected chi connectivity index (χ1v) is 7.30. The molecule has 1 amide bonds. The number of hydrogen-bond donors (Lipinski definition) is 2. The second-order valence-corrected chi connectivity index (χ2v) is 6.23. The lowest BCUT2D eigenvalue weighted by Gasteiger charge is -2.23. The molecule has 0 bridgehead atoms. The molecule has 1 atom stereocenters. The summed E-state index contributed by atoms with van der Waals surface area (Å²) >= 11 is 6.38. The maximum absolute atomic E-state index is 11.9. The molecular weight excluding hydrogens is 304 g/mol. The van der Waals surface area contributed by atoms with Crippen molar-refractivity contribution in [3.8, 4) is 0 Å². The van der Waals surface area contributed by atoms with Crippen molar-refractivity contribution in [2.75, 3.05) is 6.54 Å². The van der Waals surface area contributed by atoms with E-state index in [-0.39, 0.29) is 6.54 Å². The third kappa shape index (κ3) is 3.84. The molecule has 2 rings (SSSR count).